The molecule has 0 heterocycles. The Bertz CT molecular complexity index is 35.0. The third-order valence-corrected chi connectivity index (χ3v) is 0. The molecule has 0 aromatic carbocycles. The van der Waals surface area contributed by atoms with Crippen molar-refractivity contribution in [3.63, 3.8) is 0 Å². The molecule has 0 aliphatic rings. The maximum atomic E-state index is 7.17. The minimum absolute atomic E-state index is 0. The normalized spacial score (nSPS) is 3.38. The zero-order chi connectivity index (χ0) is 3.58. The first-order valence-electron chi connectivity index (χ1n) is 0.775. The molecule has 0 fully saturated rings. The van der Waals surface area contributed by atoms with E-state index >= 15 is 0 Å². The Labute approximate surface area is 116 Å². The molecule has 0 radical (unpaired) electrons. The van der Waals surface area contributed by atoms with Gasteiger partial charge in [0.15, 0.2) is 17.4 Å². The Morgan fingerprint density at radius 1 is 1.12 bits per heavy atom. The number of hydrogen-bond donors (Lipinski definition) is 3. The van der Waals surface area contributed by atoms with Gasteiger partial charge in [0.2, 0.25) is 0 Å². The zero-order valence-corrected chi connectivity index (χ0v) is 6.96. The van der Waals surface area contributed by atoms with Crippen LogP contribution in [0.3, 0.4) is 0 Å². The van der Waals surface area contributed by atoms with Crippen molar-refractivity contribution in [2.75, 3.05) is 0 Å². The monoisotopic (exact) mass is 192 g/mol. The van der Waals surface area contributed by atoms with Gasteiger partial charge in [-0.25, -0.2) is 0 Å². The van der Waals surface area contributed by atoms with Gasteiger partial charge >= 0.3 is 68.1 Å². The molecule has 0 saturated carbocycles. The van der Waals surface area contributed by atoms with Crippen LogP contribution in [0.1, 0.15) is 5.71 Å². The number of hydrogen-bond acceptors (Lipinski definition) is 3. The Balaban J connectivity index is -0.00000000161. The van der Waals surface area contributed by atoms with Gasteiger partial charge in [0, 0.05) is 0 Å². The zero-order valence-electron chi connectivity index (χ0n) is 7.33. The first kappa shape index (κ1) is 31.0. The Kier molecular flexibility index (Phi) is 87.4. The summed E-state index contributed by atoms with van der Waals surface area (Å²) in [6, 6.07) is 0. The van der Waals surface area contributed by atoms with Crippen LogP contribution in [0.2, 0.25) is 0 Å². The maximum Gasteiger partial charge on any atom is 2.00 e. The minimum Gasteiger partial charge on any atom is -1.00 e. The van der Waals surface area contributed by atoms with Gasteiger partial charge in [-0.2, -0.15) is 0 Å². The van der Waals surface area contributed by atoms with Crippen molar-refractivity contribution in [1.29, 1.82) is 0 Å². The molecule has 0 aliphatic heterocycles. The second-order valence-corrected chi connectivity index (χ2v) is 0.346. The molecule has 8 heavy (non-hydrogen) atoms. The van der Waals surface area contributed by atoms with Crippen LogP contribution in [0.4, 0.5) is 0 Å². The van der Waals surface area contributed by atoms with Gasteiger partial charge in [0.1, 0.15) is 0 Å². The van der Waals surface area contributed by atoms with Crippen LogP contribution in [-0.4, -0.2) is 112 Å². The molecule has 0 aromatic heterocycles. The molecule has 0 bridgehead atoms. The Hall–Kier alpha value is 2.72. The van der Waals surface area contributed by atoms with Gasteiger partial charge in [0.05, 0.1) is 0 Å². The quantitative estimate of drug-likeness (QED) is 0.337. The smallest absolute Gasteiger partial charge is 1.00 e. The Morgan fingerprint density at radius 2 is 1.12 bits per heavy atom. The van der Waals surface area contributed by atoms with Crippen molar-refractivity contribution < 1.29 is 20.8 Å². The molecule has 0 amide bonds. The predicted molar refractivity (Wildman–Crippen MR) is 49.6 cm³/mol. The second kappa shape index (κ2) is 22.6. The van der Waals surface area contributed by atoms with Gasteiger partial charge in [-0.3, -0.25) is 0 Å². The maximum absolute atomic E-state index is 7.17. The molecule has 0 aliphatic carbocycles. The molecule has 8 heteroatoms. The molecule has 0 spiro atoms. The SMILES string of the molecule is OB(O)O.[AlH3].[Ca+2].[H-].[H-].[H-].[H-].[Mg+2].[SiH4]. The van der Waals surface area contributed by atoms with Crippen LogP contribution < -0.4 is 0 Å². The molecule has 0 unspecified atom stereocenters. The van der Waals surface area contributed by atoms with Crippen LogP contribution >= 0.6 is 0 Å². The van der Waals surface area contributed by atoms with Gasteiger partial charge in [-0.05, 0) is 11.0 Å². The summed E-state index contributed by atoms with van der Waals surface area (Å²) in [6.45, 7) is 0. The van der Waals surface area contributed by atoms with Gasteiger partial charge in [-0.1, -0.05) is 0 Å². The van der Waals surface area contributed by atoms with E-state index in [0.29, 0.717) is 0 Å². The standard InChI is InChI=1S/Al.BH3O3.Ca.Mg.H4Si.7H/c;2-1(3)4;;;;;;;;;;/h;2-4H;;;1H4;;;;;;;/q;;2*+2;;;;;4*-1. The van der Waals surface area contributed by atoms with E-state index in [1.807, 2.05) is 0 Å². The summed E-state index contributed by atoms with van der Waals surface area (Å²) < 4.78 is 0. The van der Waals surface area contributed by atoms with Crippen LogP contribution in [0, 0.1) is 0 Å². The summed E-state index contributed by atoms with van der Waals surface area (Å²) in [7, 11) is -2.17. The fourth-order valence-corrected chi connectivity index (χ4v) is 0. The average Bonchev–Trinajstić information content (AvgIpc) is 0.811. The summed E-state index contributed by atoms with van der Waals surface area (Å²) in [6.07, 6.45) is 0. The van der Waals surface area contributed by atoms with Crippen LogP contribution in [0.15, 0.2) is 0 Å². The minimum atomic E-state index is -2.17. The molecule has 0 aromatic rings. The van der Waals surface area contributed by atoms with E-state index in [1.54, 1.807) is 0 Å². The number of rotatable bonds is 0. The summed E-state index contributed by atoms with van der Waals surface area (Å²) in [5.41, 5.74) is 0. The van der Waals surface area contributed by atoms with Gasteiger partial charge in [-0.15, -0.1) is 0 Å². The van der Waals surface area contributed by atoms with Crippen molar-refractivity contribution in [1.82, 2.24) is 0 Å². The van der Waals surface area contributed by atoms with Gasteiger partial charge < -0.3 is 20.8 Å². The first-order valence-corrected chi connectivity index (χ1v) is 0.775. The molecule has 3 N–H and O–H groups in total. The van der Waals surface area contributed by atoms with Crippen LogP contribution in [0.25, 0.3) is 0 Å². The Morgan fingerprint density at radius 3 is 1.12 bits per heavy atom. The van der Waals surface area contributed by atoms with E-state index in [2.05, 4.69) is 0 Å². The van der Waals surface area contributed by atoms with Crippen molar-refractivity contribution in [3.05, 3.63) is 0 Å². The second-order valence-electron chi connectivity index (χ2n) is 0.346. The molecule has 3 nitrogen and oxygen atoms in total. The molecule has 46 valence electrons. The van der Waals surface area contributed by atoms with Crippen LogP contribution in [-0.2, 0) is 0 Å². The summed E-state index contributed by atoms with van der Waals surface area (Å²) in [5.74, 6) is 0. The first-order chi connectivity index (χ1) is 1.73. The van der Waals surface area contributed by atoms with Crippen molar-refractivity contribution in [2.24, 2.45) is 0 Å². The molecule has 0 saturated heterocycles. The molecule has 0 atom stereocenters. The largest absolute Gasteiger partial charge is 2.00 e. The topological polar surface area (TPSA) is 60.7 Å². The summed E-state index contributed by atoms with van der Waals surface area (Å²) >= 11 is 0. The van der Waals surface area contributed by atoms with Crippen LogP contribution in [0.5, 0.6) is 0 Å². The van der Waals surface area contributed by atoms with Crippen molar-refractivity contribution in [2.45, 2.75) is 0 Å². The van der Waals surface area contributed by atoms with E-state index in [-0.39, 0.29) is 94.8 Å². The van der Waals surface area contributed by atoms with E-state index in [1.165, 1.54) is 0 Å². The predicted octanol–water partition coefficient (Wildman–Crippen LogP) is -5.00. The fourth-order valence-electron chi connectivity index (χ4n) is 0. The van der Waals surface area contributed by atoms with E-state index in [4.69, 9.17) is 15.1 Å². The fraction of sp³-hybridized carbons (Fsp3) is 0. The van der Waals surface area contributed by atoms with Gasteiger partial charge in [0.25, 0.3) is 0 Å². The summed E-state index contributed by atoms with van der Waals surface area (Å²) in [5, 5.41) is 21.5. The van der Waals surface area contributed by atoms with Crippen molar-refractivity contribution >= 4 is 96.4 Å². The molecular formula is H14AlBCaMgO3Si. The van der Waals surface area contributed by atoms with E-state index in [0.717, 1.165) is 0 Å². The summed E-state index contributed by atoms with van der Waals surface area (Å²) in [4.78, 5) is 0. The third-order valence-electron chi connectivity index (χ3n) is 0. The van der Waals surface area contributed by atoms with E-state index in [9.17, 15) is 0 Å². The molecular weight excluding hydrogens is 178 g/mol. The average molecular weight is 192 g/mol. The van der Waals surface area contributed by atoms with Crippen molar-refractivity contribution in [3.8, 4) is 0 Å². The third kappa shape index (κ3) is 70.2. The molecule has 0 rings (SSSR count). The van der Waals surface area contributed by atoms with E-state index < -0.39 is 7.32 Å².